The minimum absolute atomic E-state index is 0.0649. The maximum Gasteiger partial charge on any atom is 0.246 e. The van der Waals surface area contributed by atoms with Gasteiger partial charge in [0, 0.05) is 37.1 Å². The van der Waals surface area contributed by atoms with Crippen LogP contribution in [-0.4, -0.2) is 49.7 Å². The molecule has 5 nitrogen and oxygen atoms in total. The fourth-order valence-corrected chi connectivity index (χ4v) is 4.64. The first-order valence-electron chi connectivity index (χ1n) is 7.73. The molecule has 0 atom stereocenters. The second-order valence-electron chi connectivity index (χ2n) is 5.54. The normalized spacial score (nSPS) is 16.4. The lowest BCUT2D eigenvalue weighted by Gasteiger charge is -2.33. The zero-order valence-corrected chi connectivity index (χ0v) is 15.0. The van der Waals surface area contributed by atoms with Gasteiger partial charge in [-0.15, -0.1) is 11.3 Å². The molecule has 132 valence electrons. The lowest BCUT2D eigenvalue weighted by Crippen LogP contribution is -2.50. The van der Waals surface area contributed by atoms with Gasteiger partial charge in [0.25, 0.3) is 0 Å². The highest BCUT2D eigenvalue weighted by molar-refractivity contribution is 7.89. The van der Waals surface area contributed by atoms with Crippen LogP contribution in [0.15, 0.2) is 52.7 Å². The predicted octanol–water partition coefficient (Wildman–Crippen LogP) is 2.43. The minimum atomic E-state index is -3.74. The van der Waals surface area contributed by atoms with E-state index in [9.17, 15) is 17.6 Å². The van der Waals surface area contributed by atoms with Crippen LogP contribution in [0.1, 0.15) is 4.88 Å². The third kappa shape index (κ3) is 4.15. The lowest BCUT2D eigenvalue weighted by atomic mass is 10.3. The second kappa shape index (κ2) is 7.47. The van der Waals surface area contributed by atoms with E-state index in [1.807, 2.05) is 17.5 Å². The van der Waals surface area contributed by atoms with Gasteiger partial charge in [-0.25, -0.2) is 12.8 Å². The Hall–Kier alpha value is -2.03. The van der Waals surface area contributed by atoms with Crippen molar-refractivity contribution in [2.45, 2.75) is 4.90 Å². The maximum absolute atomic E-state index is 13.3. The Kier molecular flexibility index (Phi) is 5.31. The van der Waals surface area contributed by atoms with Gasteiger partial charge in [0.15, 0.2) is 0 Å². The Morgan fingerprint density at radius 3 is 2.52 bits per heavy atom. The second-order valence-corrected chi connectivity index (χ2v) is 8.45. The number of halogens is 1. The summed E-state index contributed by atoms with van der Waals surface area (Å²) in [5, 5.41) is 1.93. The monoisotopic (exact) mass is 380 g/mol. The Morgan fingerprint density at radius 2 is 1.88 bits per heavy atom. The van der Waals surface area contributed by atoms with Gasteiger partial charge in [-0.3, -0.25) is 4.79 Å². The van der Waals surface area contributed by atoms with Crippen molar-refractivity contribution in [3.63, 3.8) is 0 Å². The molecule has 1 amide bonds. The molecular formula is C17H17FN2O3S2. The molecule has 0 saturated carbocycles. The first kappa shape index (κ1) is 17.8. The van der Waals surface area contributed by atoms with Crippen LogP contribution in [0.4, 0.5) is 4.39 Å². The number of thiophene rings is 1. The van der Waals surface area contributed by atoms with E-state index in [4.69, 9.17) is 0 Å². The van der Waals surface area contributed by atoms with Crippen molar-refractivity contribution in [2.75, 3.05) is 26.2 Å². The van der Waals surface area contributed by atoms with Crippen LogP contribution in [0, 0.1) is 5.82 Å². The highest BCUT2D eigenvalue weighted by Gasteiger charge is 2.29. The molecule has 0 bridgehead atoms. The molecule has 1 aliphatic heterocycles. The van der Waals surface area contributed by atoms with Gasteiger partial charge in [0.2, 0.25) is 15.9 Å². The van der Waals surface area contributed by atoms with Crippen LogP contribution in [0.25, 0.3) is 6.08 Å². The average Bonchev–Trinajstić information content (AvgIpc) is 3.13. The van der Waals surface area contributed by atoms with Crippen molar-refractivity contribution in [1.29, 1.82) is 0 Å². The number of carbonyl (C=O) groups is 1. The van der Waals surface area contributed by atoms with E-state index in [0.29, 0.717) is 13.1 Å². The first-order chi connectivity index (χ1) is 12.0. The van der Waals surface area contributed by atoms with E-state index in [1.54, 1.807) is 11.0 Å². The number of hydrogen-bond acceptors (Lipinski definition) is 4. The largest absolute Gasteiger partial charge is 0.337 e. The van der Waals surface area contributed by atoms with E-state index < -0.39 is 15.8 Å². The summed E-state index contributed by atoms with van der Waals surface area (Å²) < 4.78 is 39.7. The fraction of sp³-hybridized carbons (Fsp3) is 0.235. The van der Waals surface area contributed by atoms with Crippen LogP contribution >= 0.6 is 11.3 Å². The van der Waals surface area contributed by atoms with Crippen molar-refractivity contribution in [3.8, 4) is 0 Å². The van der Waals surface area contributed by atoms with Crippen LogP contribution in [0.3, 0.4) is 0 Å². The number of nitrogens with zero attached hydrogens (tertiary/aromatic N) is 2. The highest BCUT2D eigenvalue weighted by atomic mass is 32.2. The molecule has 1 aliphatic rings. The van der Waals surface area contributed by atoms with Gasteiger partial charge >= 0.3 is 0 Å². The van der Waals surface area contributed by atoms with Gasteiger partial charge in [0.1, 0.15) is 5.82 Å². The molecule has 0 radical (unpaired) electrons. The summed E-state index contributed by atoms with van der Waals surface area (Å²) in [6.07, 6.45) is 3.26. The first-order valence-corrected chi connectivity index (χ1v) is 10.0. The molecule has 8 heteroatoms. The van der Waals surface area contributed by atoms with Crippen LogP contribution in [0.5, 0.6) is 0 Å². The Balaban J connectivity index is 1.62. The SMILES string of the molecule is O=C(/C=C/c1cccs1)N1CCN(S(=O)(=O)c2cccc(F)c2)CC1. The Labute approximate surface area is 150 Å². The van der Waals surface area contributed by atoms with Gasteiger partial charge in [-0.1, -0.05) is 12.1 Å². The number of amides is 1. The zero-order valence-electron chi connectivity index (χ0n) is 13.3. The Morgan fingerprint density at radius 1 is 1.12 bits per heavy atom. The fourth-order valence-electron chi connectivity index (χ4n) is 2.57. The van der Waals surface area contributed by atoms with E-state index in [1.165, 1.54) is 39.9 Å². The van der Waals surface area contributed by atoms with Gasteiger partial charge in [-0.05, 0) is 35.7 Å². The number of benzene rings is 1. The van der Waals surface area contributed by atoms with Crippen molar-refractivity contribution < 1.29 is 17.6 Å². The molecule has 0 N–H and O–H groups in total. The van der Waals surface area contributed by atoms with E-state index >= 15 is 0 Å². The smallest absolute Gasteiger partial charge is 0.246 e. The summed E-state index contributed by atoms with van der Waals surface area (Å²) in [6.45, 7) is 0.999. The number of sulfonamides is 1. The maximum atomic E-state index is 13.3. The average molecular weight is 380 g/mol. The zero-order chi connectivity index (χ0) is 17.9. The number of hydrogen-bond donors (Lipinski definition) is 0. The highest BCUT2D eigenvalue weighted by Crippen LogP contribution is 2.19. The molecule has 1 fully saturated rings. The molecule has 3 rings (SSSR count). The third-order valence-electron chi connectivity index (χ3n) is 3.92. The van der Waals surface area contributed by atoms with E-state index in [0.717, 1.165) is 10.9 Å². The van der Waals surface area contributed by atoms with Crippen molar-refractivity contribution in [3.05, 3.63) is 58.5 Å². The molecule has 1 aromatic carbocycles. The van der Waals surface area contributed by atoms with E-state index in [2.05, 4.69) is 0 Å². The minimum Gasteiger partial charge on any atom is -0.337 e. The number of rotatable bonds is 4. The topological polar surface area (TPSA) is 57.7 Å². The molecule has 1 aromatic heterocycles. The van der Waals surface area contributed by atoms with Crippen molar-refractivity contribution in [2.24, 2.45) is 0 Å². The van der Waals surface area contributed by atoms with Crippen molar-refractivity contribution >= 4 is 33.3 Å². The summed E-state index contributed by atoms with van der Waals surface area (Å²) in [5.74, 6) is -0.732. The lowest BCUT2D eigenvalue weighted by molar-refractivity contribution is -0.127. The van der Waals surface area contributed by atoms with Crippen molar-refractivity contribution in [1.82, 2.24) is 9.21 Å². The number of carbonyl (C=O) groups excluding carboxylic acids is 1. The molecular weight excluding hydrogens is 363 g/mol. The molecule has 0 spiro atoms. The quantitative estimate of drug-likeness (QED) is 0.766. The molecule has 0 aliphatic carbocycles. The molecule has 2 aromatic rings. The van der Waals surface area contributed by atoms with Crippen LogP contribution < -0.4 is 0 Å². The molecule has 2 heterocycles. The molecule has 25 heavy (non-hydrogen) atoms. The predicted molar refractivity (Wildman–Crippen MR) is 95.1 cm³/mol. The summed E-state index contributed by atoms with van der Waals surface area (Å²) in [6, 6.07) is 8.78. The van der Waals surface area contributed by atoms with Gasteiger partial charge < -0.3 is 4.90 Å². The van der Waals surface area contributed by atoms with Crippen LogP contribution in [0.2, 0.25) is 0 Å². The van der Waals surface area contributed by atoms with Gasteiger partial charge in [0.05, 0.1) is 4.90 Å². The number of piperazine rings is 1. The summed E-state index contributed by atoms with van der Waals surface area (Å²) in [5.41, 5.74) is 0. The van der Waals surface area contributed by atoms with Crippen LogP contribution in [-0.2, 0) is 14.8 Å². The molecule has 1 saturated heterocycles. The summed E-state index contributed by atoms with van der Waals surface area (Å²) >= 11 is 1.54. The Bertz CT molecular complexity index is 871. The standard InChI is InChI=1S/C17H17FN2O3S2/c18-14-3-1-5-16(13-14)25(22,23)20-10-8-19(9-11-20)17(21)7-6-15-4-2-12-24-15/h1-7,12-13H,8-11H2/b7-6+. The summed E-state index contributed by atoms with van der Waals surface area (Å²) in [7, 11) is -3.74. The van der Waals surface area contributed by atoms with Gasteiger partial charge in [-0.2, -0.15) is 4.31 Å². The molecule has 0 unspecified atom stereocenters. The third-order valence-corrected chi connectivity index (χ3v) is 6.65. The summed E-state index contributed by atoms with van der Waals surface area (Å²) in [4.78, 5) is 14.7. The van der Waals surface area contributed by atoms with E-state index in [-0.39, 0.29) is 23.9 Å².